The number of nitrogens with one attached hydrogen (secondary N) is 2. The van der Waals surface area contributed by atoms with E-state index in [1.54, 1.807) is 11.6 Å². The summed E-state index contributed by atoms with van der Waals surface area (Å²) in [6, 6.07) is 7.41. The summed E-state index contributed by atoms with van der Waals surface area (Å²) in [5, 5.41) is 6.12. The fourth-order valence-electron chi connectivity index (χ4n) is 2.34. The minimum atomic E-state index is -0.0926. The number of aryl methyl sites for hydroxylation is 1. The molecule has 130 valence electrons. The van der Waals surface area contributed by atoms with Gasteiger partial charge in [0.2, 0.25) is 0 Å². The van der Waals surface area contributed by atoms with E-state index in [0.717, 1.165) is 21.9 Å². The lowest BCUT2D eigenvalue weighted by atomic mass is 10.2. The van der Waals surface area contributed by atoms with Crippen LogP contribution in [0.1, 0.15) is 16.2 Å². The van der Waals surface area contributed by atoms with E-state index in [9.17, 15) is 4.79 Å². The van der Waals surface area contributed by atoms with Crippen LogP contribution in [0.15, 0.2) is 29.8 Å². The first-order chi connectivity index (χ1) is 12.0. The van der Waals surface area contributed by atoms with E-state index in [1.807, 2.05) is 44.1 Å². The molecule has 0 unspecified atom stereocenters. The molecule has 2 heterocycles. The monoisotopic (exact) mass is 356 g/mol. The molecule has 0 aliphatic carbocycles. The standard InChI is InChI=1S/C17H20N6OS/c1-11-21-15(9-16(22-11)23(2)3)18-6-7-19-17(24)12-4-5-13-14(8-12)25-10-20-13/h4-5,8-10H,6-7H2,1-3H3,(H,19,24)(H,18,21,22). The number of fused-ring (bicyclic) bond motifs is 1. The van der Waals surface area contributed by atoms with E-state index in [-0.39, 0.29) is 5.91 Å². The summed E-state index contributed by atoms with van der Waals surface area (Å²) in [5.74, 6) is 2.20. The summed E-state index contributed by atoms with van der Waals surface area (Å²) in [5.41, 5.74) is 3.34. The smallest absolute Gasteiger partial charge is 0.251 e. The van der Waals surface area contributed by atoms with Crippen LogP contribution >= 0.6 is 11.3 Å². The van der Waals surface area contributed by atoms with Gasteiger partial charge in [0.1, 0.15) is 17.5 Å². The second kappa shape index (κ2) is 7.43. The van der Waals surface area contributed by atoms with Crippen molar-refractivity contribution in [2.75, 3.05) is 37.4 Å². The van der Waals surface area contributed by atoms with Crippen LogP contribution in [0, 0.1) is 6.92 Å². The number of hydrogen-bond donors (Lipinski definition) is 2. The van der Waals surface area contributed by atoms with Gasteiger partial charge in [0, 0.05) is 38.8 Å². The van der Waals surface area contributed by atoms with Crippen LogP contribution in [0.4, 0.5) is 11.6 Å². The lowest BCUT2D eigenvalue weighted by Gasteiger charge is -2.14. The Bertz CT molecular complexity index is 892. The first kappa shape index (κ1) is 17.1. The van der Waals surface area contributed by atoms with E-state index in [2.05, 4.69) is 25.6 Å². The third-order valence-electron chi connectivity index (χ3n) is 3.59. The van der Waals surface area contributed by atoms with Crippen molar-refractivity contribution in [3.05, 3.63) is 41.2 Å². The summed E-state index contributed by atoms with van der Waals surface area (Å²) < 4.78 is 1.01. The Morgan fingerprint density at radius 1 is 1.20 bits per heavy atom. The maximum absolute atomic E-state index is 12.2. The van der Waals surface area contributed by atoms with Gasteiger partial charge in [0.05, 0.1) is 15.7 Å². The quantitative estimate of drug-likeness (QED) is 0.660. The Morgan fingerprint density at radius 2 is 2.04 bits per heavy atom. The van der Waals surface area contributed by atoms with Crippen LogP contribution in [0.2, 0.25) is 0 Å². The normalized spacial score (nSPS) is 10.7. The van der Waals surface area contributed by atoms with Crippen molar-refractivity contribution in [1.82, 2.24) is 20.3 Å². The summed E-state index contributed by atoms with van der Waals surface area (Å²) in [6.45, 7) is 2.94. The fourth-order valence-corrected chi connectivity index (χ4v) is 3.05. The number of amides is 1. The molecule has 3 rings (SSSR count). The van der Waals surface area contributed by atoms with Crippen molar-refractivity contribution in [1.29, 1.82) is 0 Å². The Kier molecular flexibility index (Phi) is 5.08. The molecule has 3 aromatic rings. The van der Waals surface area contributed by atoms with Crippen molar-refractivity contribution in [3.8, 4) is 0 Å². The van der Waals surface area contributed by atoms with Gasteiger partial charge in [0.25, 0.3) is 5.91 Å². The van der Waals surface area contributed by atoms with E-state index in [0.29, 0.717) is 24.5 Å². The average Bonchev–Trinajstić information content (AvgIpc) is 3.05. The predicted octanol–water partition coefficient (Wildman–Crippen LogP) is 2.30. The van der Waals surface area contributed by atoms with Gasteiger partial charge in [-0.2, -0.15) is 0 Å². The Morgan fingerprint density at radius 3 is 2.84 bits per heavy atom. The largest absolute Gasteiger partial charge is 0.368 e. The van der Waals surface area contributed by atoms with E-state index in [1.165, 1.54) is 11.3 Å². The Hall–Kier alpha value is -2.74. The van der Waals surface area contributed by atoms with Crippen LogP contribution < -0.4 is 15.5 Å². The maximum atomic E-state index is 12.2. The molecule has 0 saturated heterocycles. The molecule has 1 aromatic carbocycles. The number of carbonyl (C=O) groups is 1. The van der Waals surface area contributed by atoms with Crippen molar-refractivity contribution < 1.29 is 4.79 Å². The van der Waals surface area contributed by atoms with Crippen molar-refractivity contribution >= 4 is 39.1 Å². The second-order valence-electron chi connectivity index (χ2n) is 5.77. The predicted molar refractivity (Wildman–Crippen MR) is 102 cm³/mol. The van der Waals surface area contributed by atoms with Crippen molar-refractivity contribution in [2.24, 2.45) is 0 Å². The maximum Gasteiger partial charge on any atom is 0.251 e. The van der Waals surface area contributed by atoms with Gasteiger partial charge in [-0.25, -0.2) is 15.0 Å². The number of aromatic nitrogens is 3. The molecule has 2 aromatic heterocycles. The summed E-state index contributed by atoms with van der Waals surface area (Å²) >= 11 is 1.53. The third kappa shape index (κ3) is 4.21. The highest BCUT2D eigenvalue weighted by Gasteiger charge is 2.07. The zero-order chi connectivity index (χ0) is 17.8. The number of thiazole rings is 1. The molecule has 0 aliphatic rings. The first-order valence-electron chi connectivity index (χ1n) is 7.91. The van der Waals surface area contributed by atoms with Crippen LogP contribution in [0.25, 0.3) is 10.2 Å². The van der Waals surface area contributed by atoms with Gasteiger partial charge >= 0.3 is 0 Å². The highest BCUT2D eigenvalue weighted by Crippen LogP contribution is 2.19. The summed E-state index contributed by atoms with van der Waals surface area (Å²) in [7, 11) is 3.87. The number of hydrogen-bond acceptors (Lipinski definition) is 7. The molecule has 7 nitrogen and oxygen atoms in total. The zero-order valence-electron chi connectivity index (χ0n) is 14.4. The molecule has 8 heteroatoms. The van der Waals surface area contributed by atoms with Crippen LogP contribution in [-0.2, 0) is 0 Å². The number of anilines is 2. The summed E-state index contributed by atoms with van der Waals surface area (Å²) in [4.78, 5) is 27.1. The lowest BCUT2D eigenvalue weighted by molar-refractivity contribution is 0.0955. The molecule has 0 saturated carbocycles. The fraction of sp³-hybridized carbons (Fsp3) is 0.294. The van der Waals surface area contributed by atoms with Crippen LogP contribution in [-0.4, -0.2) is 48.0 Å². The Balaban J connectivity index is 1.53. The van der Waals surface area contributed by atoms with Crippen LogP contribution in [0.5, 0.6) is 0 Å². The highest BCUT2D eigenvalue weighted by molar-refractivity contribution is 7.16. The molecular weight excluding hydrogens is 336 g/mol. The van der Waals surface area contributed by atoms with Gasteiger partial charge in [-0.3, -0.25) is 4.79 Å². The SMILES string of the molecule is Cc1nc(NCCNC(=O)c2ccc3ncsc3c2)cc(N(C)C)n1. The molecule has 0 atom stereocenters. The number of rotatable bonds is 6. The molecule has 0 bridgehead atoms. The first-order valence-corrected chi connectivity index (χ1v) is 8.79. The molecule has 25 heavy (non-hydrogen) atoms. The third-order valence-corrected chi connectivity index (χ3v) is 4.38. The minimum absolute atomic E-state index is 0.0926. The van der Waals surface area contributed by atoms with Crippen molar-refractivity contribution in [2.45, 2.75) is 6.92 Å². The Labute approximate surface area is 150 Å². The topological polar surface area (TPSA) is 83.0 Å². The zero-order valence-corrected chi connectivity index (χ0v) is 15.2. The number of benzene rings is 1. The van der Waals surface area contributed by atoms with Gasteiger partial charge in [-0.15, -0.1) is 11.3 Å². The minimum Gasteiger partial charge on any atom is -0.368 e. The van der Waals surface area contributed by atoms with Crippen LogP contribution in [0.3, 0.4) is 0 Å². The van der Waals surface area contributed by atoms with E-state index < -0.39 is 0 Å². The van der Waals surface area contributed by atoms with E-state index in [4.69, 9.17) is 0 Å². The van der Waals surface area contributed by atoms with Gasteiger partial charge in [-0.05, 0) is 25.1 Å². The average molecular weight is 356 g/mol. The number of nitrogens with zero attached hydrogens (tertiary/aromatic N) is 4. The molecule has 0 spiro atoms. The number of carbonyl (C=O) groups excluding carboxylic acids is 1. The molecule has 0 fully saturated rings. The summed E-state index contributed by atoms with van der Waals surface area (Å²) in [6.07, 6.45) is 0. The molecule has 2 N–H and O–H groups in total. The van der Waals surface area contributed by atoms with Crippen molar-refractivity contribution in [3.63, 3.8) is 0 Å². The molecule has 0 aliphatic heterocycles. The lowest BCUT2D eigenvalue weighted by Crippen LogP contribution is -2.29. The van der Waals surface area contributed by atoms with Gasteiger partial charge in [-0.1, -0.05) is 0 Å². The van der Waals surface area contributed by atoms with Gasteiger partial charge < -0.3 is 15.5 Å². The van der Waals surface area contributed by atoms with Gasteiger partial charge in [0.15, 0.2) is 0 Å². The van der Waals surface area contributed by atoms with E-state index >= 15 is 0 Å². The highest BCUT2D eigenvalue weighted by atomic mass is 32.1. The molecule has 1 amide bonds. The second-order valence-corrected chi connectivity index (χ2v) is 6.66. The molecular formula is C17H20N6OS. The molecule has 0 radical (unpaired) electrons.